The van der Waals surface area contributed by atoms with E-state index in [4.69, 9.17) is 4.74 Å². The third-order valence-corrected chi connectivity index (χ3v) is 2.60. The molecule has 4 nitrogen and oxygen atoms in total. The summed E-state index contributed by atoms with van der Waals surface area (Å²) in [5, 5.41) is 0. The van der Waals surface area contributed by atoms with Gasteiger partial charge in [0.2, 0.25) is 5.91 Å². The molecule has 80 valence electrons. The highest BCUT2D eigenvalue weighted by atomic mass is 79.9. The first-order valence-electron chi connectivity index (χ1n) is 4.50. The predicted molar refractivity (Wildman–Crippen MR) is 55.3 cm³/mol. The summed E-state index contributed by atoms with van der Waals surface area (Å²) in [6, 6.07) is 0. The van der Waals surface area contributed by atoms with E-state index in [1.165, 1.54) is 0 Å². The Morgan fingerprint density at radius 1 is 1.57 bits per heavy atom. The quantitative estimate of drug-likeness (QED) is 0.628. The number of rotatable bonds is 0. The standard InChI is InChI=1S/C9H14BrNO3/c1-9(2,3)14-8(13)11-5-4-6(10)7(11)12/h6H,4-5H2,1-3H3. The van der Waals surface area contributed by atoms with Gasteiger partial charge in [0.25, 0.3) is 0 Å². The minimum absolute atomic E-state index is 0.209. The molecule has 0 aromatic carbocycles. The molecular weight excluding hydrogens is 250 g/mol. The highest BCUT2D eigenvalue weighted by molar-refractivity contribution is 9.10. The van der Waals surface area contributed by atoms with Crippen LogP contribution in [0.15, 0.2) is 0 Å². The Morgan fingerprint density at radius 2 is 2.14 bits per heavy atom. The molecular formula is C9H14BrNO3. The number of amides is 2. The number of imide groups is 1. The second-order valence-electron chi connectivity index (χ2n) is 4.23. The zero-order chi connectivity index (χ0) is 10.9. The van der Waals surface area contributed by atoms with Gasteiger partial charge in [-0.05, 0) is 27.2 Å². The number of alkyl halides is 1. The maximum Gasteiger partial charge on any atom is 0.417 e. The minimum Gasteiger partial charge on any atom is -0.443 e. The SMILES string of the molecule is CC(C)(C)OC(=O)N1CCC(Br)C1=O. The summed E-state index contributed by atoms with van der Waals surface area (Å²) in [4.78, 5) is 23.8. The van der Waals surface area contributed by atoms with Crippen molar-refractivity contribution in [3.05, 3.63) is 0 Å². The van der Waals surface area contributed by atoms with Gasteiger partial charge in [0.05, 0.1) is 4.83 Å². The number of hydrogen-bond acceptors (Lipinski definition) is 3. The van der Waals surface area contributed by atoms with Gasteiger partial charge in [-0.25, -0.2) is 9.69 Å². The van der Waals surface area contributed by atoms with Crippen molar-refractivity contribution in [2.24, 2.45) is 0 Å². The minimum atomic E-state index is -0.554. The van der Waals surface area contributed by atoms with Crippen molar-refractivity contribution >= 4 is 27.9 Å². The Kier molecular flexibility index (Phi) is 3.19. The van der Waals surface area contributed by atoms with Gasteiger partial charge < -0.3 is 4.74 Å². The van der Waals surface area contributed by atoms with E-state index in [1.807, 2.05) is 0 Å². The average Bonchev–Trinajstić information content (AvgIpc) is 2.29. The van der Waals surface area contributed by atoms with E-state index in [2.05, 4.69) is 15.9 Å². The highest BCUT2D eigenvalue weighted by Gasteiger charge is 2.36. The number of nitrogens with zero attached hydrogens (tertiary/aromatic N) is 1. The number of carbonyl (C=O) groups excluding carboxylic acids is 2. The molecule has 0 saturated carbocycles. The van der Waals surface area contributed by atoms with E-state index >= 15 is 0 Å². The molecule has 0 spiro atoms. The maximum atomic E-state index is 11.5. The summed E-state index contributed by atoms with van der Waals surface area (Å²) in [5.41, 5.74) is -0.554. The van der Waals surface area contributed by atoms with E-state index in [9.17, 15) is 9.59 Å². The van der Waals surface area contributed by atoms with Gasteiger partial charge in [0.15, 0.2) is 0 Å². The molecule has 2 amide bonds. The van der Waals surface area contributed by atoms with Crippen LogP contribution in [-0.2, 0) is 9.53 Å². The highest BCUT2D eigenvalue weighted by Crippen LogP contribution is 2.20. The van der Waals surface area contributed by atoms with Crippen LogP contribution in [0.5, 0.6) is 0 Å². The summed E-state index contributed by atoms with van der Waals surface area (Å²) in [6.07, 6.45) is 0.0994. The van der Waals surface area contributed by atoms with E-state index in [0.717, 1.165) is 4.90 Å². The van der Waals surface area contributed by atoms with Crippen LogP contribution < -0.4 is 0 Å². The van der Waals surface area contributed by atoms with Crippen LogP contribution in [-0.4, -0.2) is 33.9 Å². The number of hydrogen-bond donors (Lipinski definition) is 0. The van der Waals surface area contributed by atoms with Gasteiger partial charge in [-0.3, -0.25) is 4.79 Å². The van der Waals surface area contributed by atoms with Crippen LogP contribution in [0.3, 0.4) is 0 Å². The maximum absolute atomic E-state index is 11.5. The lowest BCUT2D eigenvalue weighted by atomic mass is 10.2. The summed E-state index contributed by atoms with van der Waals surface area (Å²) in [7, 11) is 0. The first-order chi connectivity index (χ1) is 6.31. The zero-order valence-electron chi connectivity index (χ0n) is 8.54. The molecule has 1 saturated heterocycles. The molecule has 1 aliphatic heterocycles. The normalized spacial score (nSPS) is 22.7. The molecule has 1 atom stereocenters. The fourth-order valence-electron chi connectivity index (χ4n) is 1.14. The van der Waals surface area contributed by atoms with Gasteiger partial charge >= 0.3 is 6.09 Å². The molecule has 1 heterocycles. The number of halogens is 1. The fourth-order valence-corrected chi connectivity index (χ4v) is 1.60. The van der Waals surface area contributed by atoms with E-state index < -0.39 is 11.7 Å². The Labute approximate surface area is 91.7 Å². The monoisotopic (exact) mass is 263 g/mol. The molecule has 1 aliphatic rings. The average molecular weight is 264 g/mol. The van der Waals surface area contributed by atoms with Gasteiger partial charge in [0.1, 0.15) is 5.60 Å². The Morgan fingerprint density at radius 3 is 2.50 bits per heavy atom. The molecule has 0 aromatic heterocycles. The lowest BCUT2D eigenvalue weighted by molar-refractivity contribution is -0.126. The van der Waals surface area contributed by atoms with Crippen LogP contribution in [0.25, 0.3) is 0 Å². The molecule has 0 aliphatic carbocycles. The van der Waals surface area contributed by atoms with Gasteiger partial charge in [-0.15, -0.1) is 0 Å². The van der Waals surface area contributed by atoms with E-state index in [0.29, 0.717) is 13.0 Å². The van der Waals surface area contributed by atoms with Crippen molar-refractivity contribution in [3.63, 3.8) is 0 Å². The number of ether oxygens (including phenoxy) is 1. The van der Waals surface area contributed by atoms with Crippen LogP contribution in [0.1, 0.15) is 27.2 Å². The van der Waals surface area contributed by atoms with Crippen LogP contribution in [0.2, 0.25) is 0 Å². The Bertz CT molecular complexity index is 259. The van der Waals surface area contributed by atoms with Crippen molar-refractivity contribution in [1.82, 2.24) is 4.90 Å². The molecule has 14 heavy (non-hydrogen) atoms. The molecule has 5 heteroatoms. The van der Waals surface area contributed by atoms with Crippen LogP contribution >= 0.6 is 15.9 Å². The van der Waals surface area contributed by atoms with Crippen molar-refractivity contribution in [2.75, 3.05) is 6.54 Å². The molecule has 0 N–H and O–H groups in total. The Balaban J connectivity index is 2.59. The first-order valence-corrected chi connectivity index (χ1v) is 5.41. The molecule has 1 fully saturated rings. The van der Waals surface area contributed by atoms with Crippen molar-refractivity contribution in [2.45, 2.75) is 37.6 Å². The summed E-state index contributed by atoms with van der Waals surface area (Å²) < 4.78 is 5.09. The number of likely N-dealkylation sites (tertiary alicyclic amines) is 1. The third-order valence-electron chi connectivity index (χ3n) is 1.75. The lowest BCUT2D eigenvalue weighted by Crippen LogP contribution is -2.38. The summed E-state index contributed by atoms with van der Waals surface area (Å²) in [6.45, 7) is 5.76. The summed E-state index contributed by atoms with van der Waals surface area (Å²) >= 11 is 3.19. The van der Waals surface area contributed by atoms with E-state index in [-0.39, 0.29) is 10.7 Å². The number of carbonyl (C=O) groups is 2. The van der Waals surface area contributed by atoms with Gasteiger partial charge in [-0.2, -0.15) is 0 Å². The lowest BCUT2D eigenvalue weighted by Gasteiger charge is -2.23. The molecule has 0 aromatic rings. The largest absolute Gasteiger partial charge is 0.443 e. The molecule has 0 radical (unpaired) electrons. The second-order valence-corrected chi connectivity index (χ2v) is 5.33. The third kappa shape index (κ3) is 2.70. The van der Waals surface area contributed by atoms with Crippen LogP contribution in [0, 0.1) is 0 Å². The van der Waals surface area contributed by atoms with Crippen molar-refractivity contribution < 1.29 is 14.3 Å². The smallest absolute Gasteiger partial charge is 0.417 e. The molecule has 0 bridgehead atoms. The Hall–Kier alpha value is -0.580. The second kappa shape index (κ2) is 3.88. The predicted octanol–water partition coefficient (Wildman–Crippen LogP) is 1.92. The first kappa shape index (κ1) is 11.5. The van der Waals surface area contributed by atoms with Crippen LogP contribution in [0.4, 0.5) is 4.79 Å². The fraction of sp³-hybridized carbons (Fsp3) is 0.778. The molecule has 1 rings (SSSR count). The molecule has 1 unspecified atom stereocenters. The van der Waals surface area contributed by atoms with Crippen molar-refractivity contribution in [1.29, 1.82) is 0 Å². The zero-order valence-corrected chi connectivity index (χ0v) is 10.1. The van der Waals surface area contributed by atoms with Crippen molar-refractivity contribution in [3.8, 4) is 0 Å². The topological polar surface area (TPSA) is 46.6 Å². The summed E-state index contributed by atoms with van der Waals surface area (Å²) in [5.74, 6) is -0.209. The van der Waals surface area contributed by atoms with E-state index in [1.54, 1.807) is 20.8 Å². The van der Waals surface area contributed by atoms with Gasteiger partial charge in [-0.1, -0.05) is 15.9 Å². The van der Waals surface area contributed by atoms with Gasteiger partial charge in [0, 0.05) is 6.54 Å².